The first-order valence-electron chi connectivity index (χ1n) is 7.15. The fourth-order valence-electron chi connectivity index (χ4n) is 2.79. The Kier molecular flexibility index (Phi) is 4.86. The highest BCUT2D eigenvalue weighted by Crippen LogP contribution is 2.43. The Bertz CT molecular complexity index is 427. The molecule has 1 saturated carbocycles. The molecule has 0 spiro atoms. The van der Waals surface area contributed by atoms with E-state index >= 15 is 0 Å². The molecule has 0 radical (unpaired) electrons. The van der Waals surface area contributed by atoms with E-state index in [0.717, 1.165) is 25.1 Å². The Labute approximate surface area is 120 Å². The molecule has 0 unspecified atom stereocenters. The summed E-state index contributed by atoms with van der Waals surface area (Å²) in [4.78, 5) is 0. The first kappa shape index (κ1) is 14.8. The molecule has 0 atom stereocenters. The van der Waals surface area contributed by atoms with Crippen molar-refractivity contribution in [1.82, 2.24) is 5.32 Å². The summed E-state index contributed by atoms with van der Waals surface area (Å²) in [5.41, 5.74) is 1.05. The number of nitrogens with one attached hydrogen (secondary N) is 1. The lowest BCUT2D eigenvalue weighted by Gasteiger charge is -2.42. The molecule has 1 aliphatic rings. The van der Waals surface area contributed by atoms with Crippen LogP contribution in [0.3, 0.4) is 0 Å². The van der Waals surface area contributed by atoms with E-state index in [1.54, 1.807) is 6.07 Å². The summed E-state index contributed by atoms with van der Waals surface area (Å²) in [5.74, 6) is 0.493. The average Bonchev–Trinajstić information content (AvgIpc) is 2.28. The first-order valence-corrected chi connectivity index (χ1v) is 7.53. The molecule has 1 aromatic rings. The highest BCUT2D eigenvalue weighted by atomic mass is 35.5. The van der Waals surface area contributed by atoms with Gasteiger partial charge in [0.1, 0.15) is 5.82 Å². The number of halogens is 2. The SMILES string of the molecule is CC(C)CNCC1(Cc2ccc(Cl)cc2F)CCC1. The molecule has 2 rings (SSSR count). The quantitative estimate of drug-likeness (QED) is 0.814. The van der Waals surface area contributed by atoms with Gasteiger partial charge in [-0.3, -0.25) is 0 Å². The molecule has 106 valence electrons. The fourth-order valence-corrected chi connectivity index (χ4v) is 2.95. The van der Waals surface area contributed by atoms with E-state index in [1.807, 2.05) is 6.07 Å². The lowest BCUT2D eigenvalue weighted by Crippen LogP contribution is -2.42. The summed E-state index contributed by atoms with van der Waals surface area (Å²) in [6.07, 6.45) is 4.47. The normalized spacial score (nSPS) is 17.5. The van der Waals surface area contributed by atoms with Gasteiger partial charge in [0.25, 0.3) is 0 Å². The van der Waals surface area contributed by atoms with Crippen molar-refractivity contribution < 1.29 is 4.39 Å². The zero-order chi connectivity index (χ0) is 13.9. The minimum absolute atomic E-state index is 0.164. The van der Waals surface area contributed by atoms with E-state index in [1.165, 1.54) is 25.3 Å². The van der Waals surface area contributed by atoms with Crippen LogP contribution < -0.4 is 5.32 Å². The molecule has 1 fully saturated rings. The first-order chi connectivity index (χ1) is 9.01. The van der Waals surface area contributed by atoms with Gasteiger partial charge in [-0.05, 0) is 54.8 Å². The van der Waals surface area contributed by atoms with Crippen LogP contribution in [0.15, 0.2) is 18.2 Å². The van der Waals surface area contributed by atoms with Crippen molar-refractivity contribution in [3.63, 3.8) is 0 Å². The molecule has 3 heteroatoms. The van der Waals surface area contributed by atoms with Crippen LogP contribution in [0.5, 0.6) is 0 Å². The molecule has 1 nitrogen and oxygen atoms in total. The summed E-state index contributed by atoms with van der Waals surface area (Å²) in [7, 11) is 0. The third kappa shape index (κ3) is 3.93. The van der Waals surface area contributed by atoms with Gasteiger partial charge in [-0.15, -0.1) is 0 Å². The number of benzene rings is 1. The molecule has 1 N–H and O–H groups in total. The van der Waals surface area contributed by atoms with Gasteiger partial charge in [0.05, 0.1) is 0 Å². The lowest BCUT2D eigenvalue weighted by molar-refractivity contribution is 0.127. The summed E-state index contributed by atoms with van der Waals surface area (Å²) in [6.45, 7) is 6.44. The zero-order valence-corrected chi connectivity index (χ0v) is 12.6. The van der Waals surface area contributed by atoms with E-state index in [2.05, 4.69) is 19.2 Å². The summed E-state index contributed by atoms with van der Waals surface area (Å²) >= 11 is 5.80. The zero-order valence-electron chi connectivity index (χ0n) is 11.8. The highest BCUT2D eigenvalue weighted by molar-refractivity contribution is 6.30. The number of hydrogen-bond acceptors (Lipinski definition) is 1. The van der Waals surface area contributed by atoms with E-state index in [9.17, 15) is 4.39 Å². The minimum atomic E-state index is -0.164. The smallest absolute Gasteiger partial charge is 0.127 e. The van der Waals surface area contributed by atoms with Gasteiger partial charge in [0, 0.05) is 11.6 Å². The second kappa shape index (κ2) is 6.23. The van der Waals surface area contributed by atoms with Gasteiger partial charge in [-0.2, -0.15) is 0 Å². The van der Waals surface area contributed by atoms with Crippen LogP contribution >= 0.6 is 11.6 Å². The van der Waals surface area contributed by atoms with Crippen LogP contribution in [0.2, 0.25) is 5.02 Å². The Hall–Kier alpha value is -0.600. The van der Waals surface area contributed by atoms with Crippen LogP contribution in [0, 0.1) is 17.2 Å². The lowest BCUT2D eigenvalue weighted by atomic mass is 9.65. The minimum Gasteiger partial charge on any atom is -0.316 e. The molecule has 0 aliphatic heterocycles. The topological polar surface area (TPSA) is 12.0 Å². The molecule has 0 heterocycles. The predicted molar refractivity (Wildman–Crippen MR) is 79.1 cm³/mol. The molecule has 0 aromatic heterocycles. The van der Waals surface area contributed by atoms with E-state index < -0.39 is 0 Å². The maximum atomic E-state index is 13.9. The van der Waals surface area contributed by atoms with Crippen molar-refractivity contribution in [3.8, 4) is 0 Å². The van der Waals surface area contributed by atoms with Gasteiger partial charge < -0.3 is 5.32 Å². The molecule has 0 bridgehead atoms. The Morgan fingerprint density at radius 2 is 2.11 bits per heavy atom. The fraction of sp³-hybridized carbons (Fsp3) is 0.625. The standard InChI is InChI=1S/C16H23ClFN/c1-12(2)10-19-11-16(6-3-7-16)9-13-4-5-14(17)8-15(13)18/h4-5,8,12,19H,3,6-7,9-11H2,1-2H3. The van der Waals surface area contributed by atoms with Crippen LogP contribution in [0.1, 0.15) is 38.7 Å². The van der Waals surface area contributed by atoms with E-state index in [-0.39, 0.29) is 11.2 Å². The van der Waals surface area contributed by atoms with Crippen LogP contribution in [-0.4, -0.2) is 13.1 Å². The maximum absolute atomic E-state index is 13.9. The largest absolute Gasteiger partial charge is 0.316 e. The third-order valence-corrected chi connectivity index (χ3v) is 4.28. The van der Waals surface area contributed by atoms with Crippen molar-refractivity contribution in [3.05, 3.63) is 34.6 Å². The molecule has 1 aromatic carbocycles. The monoisotopic (exact) mass is 283 g/mol. The Balaban J connectivity index is 1.98. The Morgan fingerprint density at radius 1 is 1.37 bits per heavy atom. The maximum Gasteiger partial charge on any atom is 0.127 e. The third-order valence-electron chi connectivity index (χ3n) is 4.05. The molecule has 0 saturated heterocycles. The van der Waals surface area contributed by atoms with Gasteiger partial charge >= 0.3 is 0 Å². The van der Waals surface area contributed by atoms with Crippen molar-refractivity contribution in [2.75, 3.05) is 13.1 Å². The predicted octanol–water partition coefficient (Wildman–Crippen LogP) is 4.44. The van der Waals surface area contributed by atoms with Crippen LogP contribution in [-0.2, 0) is 6.42 Å². The van der Waals surface area contributed by atoms with E-state index in [0.29, 0.717) is 10.9 Å². The second-order valence-electron chi connectivity index (χ2n) is 6.29. The van der Waals surface area contributed by atoms with Crippen molar-refractivity contribution in [1.29, 1.82) is 0 Å². The Morgan fingerprint density at radius 3 is 2.63 bits per heavy atom. The van der Waals surface area contributed by atoms with Gasteiger partial charge in [-0.25, -0.2) is 4.39 Å². The van der Waals surface area contributed by atoms with Gasteiger partial charge in [0.2, 0.25) is 0 Å². The average molecular weight is 284 g/mol. The molecule has 19 heavy (non-hydrogen) atoms. The van der Waals surface area contributed by atoms with Crippen LogP contribution in [0.25, 0.3) is 0 Å². The number of rotatable bonds is 6. The second-order valence-corrected chi connectivity index (χ2v) is 6.73. The van der Waals surface area contributed by atoms with Gasteiger partial charge in [-0.1, -0.05) is 37.9 Å². The van der Waals surface area contributed by atoms with E-state index in [4.69, 9.17) is 11.6 Å². The van der Waals surface area contributed by atoms with Crippen LogP contribution in [0.4, 0.5) is 4.39 Å². The molecule has 1 aliphatic carbocycles. The van der Waals surface area contributed by atoms with Crippen molar-refractivity contribution in [2.24, 2.45) is 11.3 Å². The molecule has 0 amide bonds. The van der Waals surface area contributed by atoms with Gasteiger partial charge in [0.15, 0.2) is 0 Å². The number of hydrogen-bond donors (Lipinski definition) is 1. The summed E-state index contributed by atoms with van der Waals surface area (Å²) < 4.78 is 13.9. The summed E-state index contributed by atoms with van der Waals surface area (Å²) in [6, 6.07) is 5.04. The van der Waals surface area contributed by atoms with Crippen molar-refractivity contribution in [2.45, 2.75) is 39.5 Å². The molecular weight excluding hydrogens is 261 g/mol. The highest BCUT2D eigenvalue weighted by Gasteiger charge is 2.37. The van der Waals surface area contributed by atoms with Crippen molar-refractivity contribution >= 4 is 11.6 Å². The summed E-state index contributed by atoms with van der Waals surface area (Å²) in [5, 5.41) is 4.00. The molecular formula is C16H23ClFN.